The number of ether oxygens (including phenoxy) is 1. The highest BCUT2D eigenvalue weighted by Gasteiger charge is 2.47. The Kier molecular flexibility index (Phi) is 7.48. The van der Waals surface area contributed by atoms with Gasteiger partial charge in [0.25, 0.3) is 5.91 Å². The minimum absolute atomic E-state index is 0.0618. The Morgan fingerprint density at radius 3 is 2.42 bits per heavy atom. The number of hydrogen-bond acceptors (Lipinski definition) is 7. The molecule has 3 aromatic rings. The molecule has 0 radical (unpaired) electrons. The summed E-state index contributed by atoms with van der Waals surface area (Å²) in [5, 5.41) is 0.359. The molecule has 1 atom stereocenters. The van der Waals surface area contributed by atoms with E-state index in [9.17, 15) is 22.8 Å². The topological polar surface area (TPSA) is 114 Å². The lowest BCUT2D eigenvalue weighted by Crippen LogP contribution is -2.45. The molecular weight excluding hydrogens is 506 g/mol. The van der Waals surface area contributed by atoms with Crippen LogP contribution in [0.3, 0.4) is 0 Å². The van der Waals surface area contributed by atoms with Crippen LogP contribution in [0.4, 0.5) is 5.69 Å². The Morgan fingerprint density at radius 2 is 1.81 bits per heavy atom. The molecule has 186 valence electrons. The quantitative estimate of drug-likeness (QED) is 0.325. The summed E-state index contributed by atoms with van der Waals surface area (Å²) in [5.74, 6) is -1.78. The first-order valence-electron chi connectivity index (χ1n) is 11.0. The third kappa shape index (κ3) is 5.15. The monoisotopic (exact) mass is 527 g/mol. The highest BCUT2D eigenvalue weighted by Crippen LogP contribution is 2.31. The van der Waals surface area contributed by atoms with E-state index in [1.807, 2.05) is 0 Å². The summed E-state index contributed by atoms with van der Waals surface area (Å²) in [7, 11) is -4.20. The molecule has 1 aromatic heterocycles. The largest absolute Gasteiger partial charge is 0.462 e. The fourth-order valence-electron chi connectivity index (χ4n) is 3.85. The molecule has 1 unspecified atom stereocenters. The molecule has 0 saturated carbocycles. The Balaban J connectivity index is 1.68. The molecule has 36 heavy (non-hydrogen) atoms. The lowest BCUT2D eigenvalue weighted by Gasteiger charge is -2.27. The van der Waals surface area contributed by atoms with Crippen molar-refractivity contribution in [2.45, 2.75) is 30.8 Å². The number of carbonyl (C=O) groups is 3. The Labute approximate surface area is 213 Å². The molecule has 0 N–H and O–H groups in total. The van der Waals surface area contributed by atoms with E-state index in [4.69, 9.17) is 16.3 Å². The van der Waals surface area contributed by atoms with Crippen molar-refractivity contribution in [3.8, 4) is 0 Å². The number of aromatic nitrogens is 1. The van der Waals surface area contributed by atoms with E-state index in [1.54, 1.807) is 25.3 Å². The van der Waals surface area contributed by atoms with E-state index >= 15 is 0 Å². The van der Waals surface area contributed by atoms with Crippen LogP contribution in [0.1, 0.15) is 29.3 Å². The maximum absolute atomic E-state index is 13.6. The van der Waals surface area contributed by atoms with Gasteiger partial charge in [-0.1, -0.05) is 17.7 Å². The van der Waals surface area contributed by atoms with E-state index in [0.717, 1.165) is 9.21 Å². The van der Waals surface area contributed by atoms with E-state index in [2.05, 4.69) is 4.98 Å². The molecule has 9 nitrogen and oxygen atoms in total. The van der Waals surface area contributed by atoms with Crippen LogP contribution in [0.25, 0.3) is 0 Å². The average Bonchev–Trinajstić information content (AvgIpc) is 3.16. The Hall–Kier alpha value is -3.60. The number of carbonyl (C=O) groups excluding carboxylic acids is 3. The number of hydrogen-bond donors (Lipinski definition) is 0. The molecule has 1 aliphatic rings. The number of amides is 2. The van der Waals surface area contributed by atoms with Gasteiger partial charge in [-0.25, -0.2) is 18.1 Å². The smallest absolute Gasteiger partial charge is 0.338 e. The van der Waals surface area contributed by atoms with E-state index in [-0.39, 0.29) is 35.7 Å². The SMILES string of the molecule is CCOC(=O)c1ccc(N2C(=O)CC(N(Cc3cccnc3)S(=O)(=O)c3ccc(Cl)cc3)C2=O)cc1. The van der Waals surface area contributed by atoms with Crippen molar-refractivity contribution in [2.24, 2.45) is 0 Å². The van der Waals surface area contributed by atoms with Crippen LogP contribution < -0.4 is 4.90 Å². The van der Waals surface area contributed by atoms with E-state index in [1.165, 1.54) is 54.7 Å². The zero-order valence-electron chi connectivity index (χ0n) is 19.2. The van der Waals surface area contributed by atoms with Crippen LogP contribution in [0.5, 0.6) is 0 Å². The number of halogens is 1. The second kappa shape index (κ2) is 10.6. The highest BCUT2D eigenvalue weighted by atomic mass is 35.5. The first kappa shape index (κ1) is 25.5. The summed E-state index contributed by atoms with van der Waals surface area (Å²) in [6.45, 7) is 1.72. The number of pyridine rings is 1. The first-order chi connectivity index (χ1) is 17.2. The van der Waals surface area contributed by atoms with Gasteiger partial charge < -0.3 is 4.74 Å². The van der Waals surface area contributed by atoms with E-state index in [0.29, 0.717) is 10.6 Å². The van der Waals surface area contributed by atoms with Gasteiger partial charge in [0.05, 0.1) is 29.2 Å². The molecule has 0 bridgehead atoms. The van der Waals surface area contributed by atoms with Crippen LogP contribution in [0.2, 0.25) is 5.02 Å². The molecule has 1 saturated heterocycles. The third-order valence-electron chi connectivity index (χ3n) is 5.59. The molecule has 1 fully saturated rings. The van der Waals surface area contributed by atoms with Crippen LogP contribution in [0.15, 0.2) is 78.0 Å². The molecule has 0 aliphatic carbocycles. The number of rotatable bonds is 8. The van der Waals surface area contributed by atoms with Gasteiger partial charge in [0.2, 0.25) is 15.9 Å². The molecule has 2 heterocycles. The summed E-state index contributed by atoms with van der Waals surface area (Å²) in [6, 6.07) is 13.4. The van der Waals surface area contributed by atoms with Crippen molar-refractivity contribution in [3.63, 3.8) is 0 Å². The van der Waals surface area contributed by atoms with Crippen LogP contribution in [0, 0.1) is 0 Å². The van der Waals surface area contributed by atoms with Crippen LogP contribution in [-0.4, -0.2) is 48.1 Å². The van der Waals surface area contributed by atoms with Crippen molar-refractivity contribution < 1.29 is 27.5 Å². The highest BCUT2D eigenvalue weighted by molar-refractivity contribution is 7.89. The molecule has 2 amide bonds. The molecule has 0 spiro atoms. The van der Waals surface area contributed by atoms with Crippen molar-refractivity contribution in [1.82, 2.24) is 9.29 Å². The molecular formula is C25H22ClN3O6S. The lowest BCUT2D eigenvalue weighted by molar-refractivity contribution is -0.122. The van der Waals surface area contributed by atoms with Crippen LogP contribution in [-0.2, 0) is 30.9 Å². The minimum atomic E-state index is -4.20. The maximum Gasteiger partial charge on any atom is 0.338 e. The van der Waals surface area contributed by atoms with Gasteiger partial charge in [0.15, 0.2) is 0 Å². The van der Waals surface area contributed by atoms with Gasteiger partial charge in [-0.15, -0.1) is 0 Å². The van der Waals surface area contributed by atoms with Crippen molar-refractivity contribution in [1.29, 1.82) is 0 Å². The van der Waals surface area contributed by atoms with Crippen molar-refractivity contribution in [2.75, 3.05) is 11.5 Å². The maximum atomic E-state index is 13.6. The Bertz CT molecular complexity index is 1380. The number of benzene rings is 2. The second-order valence-electron chi connectivity index (χ2n) is 7.92. The normalized spacial score (nSPS) is 16.0. The Morgan fingerprint density at radius 1 is 1.11 bits per heavy atom. The molecule has 4 rings (SSSR count). The number of imide groups is 1. The fourth-order valence-corrected chi connectivity index (χ4v) is 5.54. The number of sulfonamides is 1. The fraction of sp³-hybridized carbons (Fsp3) is 0.200. The van der Waals surface area contributed by atoms with Crippen molar-refractivity contribution >= 4 is 45.1 Å². The van der Waals surface area contributed by atoms with Gasteiger partial charge in [0, 0.05) is 24.0 Å². The zero-order chi connectivity index (χ0) is 25.9. The third-order valence-corrected chi connectivity index (χ3v) is 7.71. The van der Waals surface area contributed by atoms with Gasteiger partial charge >= 0.3 is 5.97 Å². The van der Waals surface area contributed by atoms with Crippen LogP contribution >= 0.6 is 11.6 Å². The lowest BCUT2D eigenvalue weighted by atomic mass is 10.2. The van der Waals surface area contributed by atoms with Gasteiger partial charge in [-0.3, -0.25) is 14.6 Å². The van der Waals surface area contributed by atoms with E-state index < -0.39 is 33.8 Å². The number of anilines is 1. The number of esters is 1. The summed E-state index contributed by atoms with van der Waals surface area (Å²) in [5.41, 5.74) is 1.04. The standard InChI is InChI=1S/C25H22ClN3O6S/c1-2-35-25(32)18-5-9-20(10-6-18)29-23(30)14-22(24(29)31)28(16-17-4-3-13-27-15-17)36(33,34)21-11-7-19(26)8-12-21/h3-13,15,22H,2,14,16H2,1H3. The van der Waals surface area contributed by atoms with Gasteiger partial charge in [-0.05, 0) is 67.1 Å². The summed E-state index contributed by atoms with van der Waals surface area (Å²) in [6.07, 6.45) is 2.70. The van der Waals surface area contributed by atoms with Crippen molar-refractivity contribution in [3.05, 3.63) is 89.2 Å². The minimum Gasteiger partial charge on any atom is -0.462 e. The number of nitrogens with zero attached hydrogens (tertiary/aromatic N) is 3. The summed E-state index contributed by atoms with van der Waals surface area (Å²) < 4.78 is 33.2. The molecule has 11 heteroatoms. The van der Waals surface area contributed by atoms with Gasteiger partial charge in [0.1, 0.15) is 6.04 Å². The summed E-state index contributed by atoms with van der Waals surface area (Å²) in [4.78, 5) is 43.2. The predicted octanol–water partition coefficient (Wildman–Crippen LogP) is 3.43. The van der Waals surface area contributed by atoms with Gasteiger partial charge in [-0.2, -0.15) is 4.31 Å². The zero-order valence-corrected chi connectivity index (χ0v) is 20.8. The first-order valence-corrected chi connectivity index (χ1v) is 12.8. The molecule has 1 aliphatic heterocycles. The molecule has 2 aromatic carbocycles. The average molecular weight is 528 g/mol. The predicted molar refractivity (Wildman–Crippen MR) is 132 cm³/mol. The second-order valence-corrected chi connectivity index (χ2v) is 10.2. The summed E-state index contributed by atoms with van der Waals surface area (Å²) >= 11 is 5.92.